The Hall–Kier alpha value is -5.02. The number of hydrogen-bond donors (Lipinski definition) is 0. The molecule has 0 saturated heterocycles. The smallest absolute Gasteiger partial charge is 0.252 e. The number of aryl methyl sites for hydroxylation is 2. The van der Waals surface area contributed by atoms with E-state index in [2.05, 4.69) is 224 Å². The third kappa shape index (κ3) is 6.33. The first-order valence-corrected chi connectivity index (χ1v) is 23.7. The van der Waals surface area contributed by atoms with Crippen molar-refractivity contribution in [2.24, 2.45) is 0 Å². The summed E-state index contributed by atoms with van der Waals surface area (Å²) >= 11 is 0. The predicted octanol–water partition coefficient (Wildman–Crippen LogP) is 14.6. The van der Waals surface area contributed by atoms with E-state index in [0.717, 1.165) is 12.8 Å². The molecule has 2 aliphatic carbocycles. The van der Waals surface area contributed by atoms with Crippen molar-refractivity contribution >= 4 is 57.2 Å². The number of nitrogens with zero attached hydrogens (tertiary/aromatic N) is 2. The summed E-state index contributed by atoms with van der Waals surface area (Å²) in [6.45, 7) is 38.5. The van der Waals surface area contributed by atoms with Gasteiger partial charge < -0.3 is 9.80 Å². The predicted molar refractivity (Wildman–Crippen MR) is 274 cm³/mol. The fourth-order valence-corrected chi connectivity index (χ4v) is 13.0. The van der Waals surface area contributed by atoms with Crippen LogP contribution in [0, 0.1) is 13.8 Å². The highest BCUT2D eigenvalue weighted by Crippen LogP contribution is 2.56. The van der Waals surface area contributed by atoms with E-state index in [1.54, 1.807) is 0 Å². The zero-order chi connectivity index (χ0) is 45.1. The van der Waals surface area contributed by atoms with Crippen LogP contribution in [0.1, 0.15) is 154 Å². The highest BCUT2D eigenvalue weighted by molar-refractivity contribution is 7.00. The Morgan fingerprint density at radius 1 is 0.444 bits per heavy atom. The van der Waals surface area contributed by atoms with Gasteiger partial charge in [-0.3, -0.25) is 0 Å². The van der Waals surface area contributed by atoms with Crippen molar-refractivity contribution in [2.75, 3.05) is 9.80 Å². The molecular formula is C60H69BN2. The topological polar surface area (TPSA) is 6.48 Å². The Bertz CT molecular complexity index is 2890. The third-order valence-corrected chi connectivity index (χ3v) is 15.7. The van der Waals surface area contributed by atoms with E-state index in [4.69, 9.17) is 0 Å². The van der Waals surface area contributed by atoms with Gasteiger partial charge in [0.2, 0.25) is 0 Å². The van der Waals surface area contributed by atoms with Crippen molar-refractivity contribution in [3.8, 4) is 11.1 Å². The van der Waals surface area contributed by atoms with Gasteiger partial charge in [-0.05, 0) is 168 Å². The molecule has 4 aliphatic rings. The van der Waals surface area contributed by atoms with Gasteiger partial charge >= 0.3 is 0 Å². The van der Waals surface area contributed by atoms with E-state index in [1.807, 2.05) is 0 Å². The van der Waals surface area contributed by atoms with Crippen molar-refractivity contribution in [1.82, 2.24) is 0 Å². The number of anilines is 6. The lowest BCUT2D eigenvalue weighted by atomic mass is 9.33. The molecule has 10 rings (SSSR count). The minimum absolute atomic E-state index is 0.000486. The molecule has 0 atom stereocenters. The van der Waals surface area contributed by atoms with Gasteiger partial charge in [-0.2, -0.15) is 0 Å². The molecule has 0 unspecified atom stereocenters. The second kappa shape index (κ2) is 13.3. The summed E-state index contributed by atoms with van der Waals surface area (Å²) < 4.78 is 0. The van der Waals surface area contributed by atoms with Crippen LogP contribution < -0.4 is 26.2 Å². The van der Waals surface area contributed by atoms with E-state index >= 15 is 0 Å². The molecule has 3 heteroatoms. The van der Waals surface area contributed by atoms with Crippen LogP contribution in [0.15, 0.2) is 103 Å². The maximum atomic E-state index is 2.69. The summed E-state index contributed by atoms with van der Waals surface area (Å²) in [5.74, 6) is 0. The highest BCUT2D eigenvalue weighted by atomic mass is 15.2. The van der Waals surface area contributed by atoms with Gasteiger partial charge in [0.25, 0.3) is 6.71 Å². The van der Waals surface area contributed by atoms with E-state index in [1.165, 1.54) is 106 Å². The van der Waals surface area contributed by atoms with Crippen LogP contribution in [-0.4, -0.2) is 6.71 Å². The fourth-order valence-electron chi connectivity index (χ4n) is 13.0. The van der Waals surface area contributed by atoms with E-state index in [0.29, 0.717) is 0 Å². The van der Waals surface area contributed by atoms with Crippen molar-refractivity contribution in [2.45, 2.75) is 156 Å². The van der Waals surface area contributed by atoms with Crippen LogP contribution in [0.4, 0.5) is 34.1 Å². The summed E-state index contributed by atoms with van der Waals surface area (Å²) in [6, 6.07) is 41.3. The van der Waals surface area contributed by atoms with Crippen LogP contribution in [0.5, 0.6) is 0 Å². The lowest BCUT2D eigenvalue weighted by Crippen LogP contribution is -2.61. The van der Waals surface area contributed by atoms with Gasteiger partial charge in [0.1, 0.15) is 0 Å². The number of hydrogen-bond acceptors (Lipinski definition) is 2. The van der Waals surface area contributed by atoms with Gasteiger partial charge in [0.15, 0.2) is 0 Å². The largest absolute Gasteiger partial charge is 0.311 e. The molecule has 2 heterocycles. The molecule has 322 valence electrons. The molecule has 0 saturated carbocycles. The monoisotopic (exact) mass is 829 g/mol. The van der Waals surface area contributed by atoms with Gasteiger partial charge in [0, 0.05) is 34.0 Å². The average Bonchev–Trinajstić information content (AvgIpc) is 3.49. The normalized spacial score (nSPS) is 18.4. The Morgan fingerprint density at radius 2 is 0.921 bits per heavy atom. The van der Waals surface area contributed by atoms with Gasteiger partial charge in [-0.25, -0.2) is 0 Å². The molecule has 0 fully saturated rings. The van der Waals surface area contributed by atoms with E-state index < -0.39 is 0 Å². The van der Waals surface area contributed by atoms with Crippen molar-refractivity contribution in [3.63, 3.8) is 0 Å². The highest BCUT2D eigenvalue weighted by Gasteiger charge is 2.49. The van der Waals surface area contributed by atoms with Crippen LogP contribution in [0.3, 0.4) is 0 Å². The van der Waals surface area contributed by atoms with Crippen molar-refractivity contribution < 1.29 is 0 Å². The molecule has 6 aromatic rings. The zero-order valence-electron chi connectivity index (χ0n) is 41.2. The molecule has 0 bridgehead atoms. The minimum atomic E-state index is -0.0114. The van der Waals surface area contributed by atoms with Crippen molar-refractivity contribution in [1.29, 1.82) is 0 Å². The van der Waals surface area contributed by atoms with Gasteiger partial charge in [-0.15, -0.1) is 0 Å². The van der Waals surface area contributed by atoms with E-state index in [-0.39, 0.29) is 39.2 Å². The molecule has 0 aromatic heterocycles. The first kappa shape index (κ1) is 42.0. The molecule has 2 nitrogen and oxygen atoms in total. The molecule has 0 spiro atoms. The summed E-state index contributed by atoms with van der Waals surface area (Å²) in [7, 11) is 0. The summed E-state index contributed by atoms with van der Waals surface area (Å²) in [5, 5.41) is 0. The quantitative estimate of drug-likeness (QED) is 0.164. The molecule has 2 aliphatic heterocycles. The second-order valence-corrected chi connectivity index (χ2v) is 24.7. The number of benzene rings is 6. The Labute approximate surface area is 380 Å². The third-order valence-electron chi connectivity index (χ3n) is 15.7. The molecule has 0 radical (unpaired) electrons. The lowest BCUT2D eigenvalue weighted by Gasteiger charge is -2.46. The van der Waals surface area contributed by atoms with Crippen LogP contribution in [0.25, 0.3) is 11.1 Å². The fraction of sp³-hybridized carbons (Fsp3) is 0.400. The maximum absolute atomic E-state index is 2.69. The van der Waals surface area contributed by atoms with Crippen LogP contribution in [0.2, 0.25) is 0 Å². The minimum Gasteiger partial charge on any atom is -0.311 e. The number of rotatable bonds is 3. The molecule has 6 aromatic carbocycles. The van der Waals surface area contributed by atoms with Crippen LogP contribution >= 0.6 is 0 Å². The Balaban J connectivity index is 1.34. The van der Waals surface area contributed by atoms with Crippen molar-refractivity contribution in [3.05, 3.63) is 148 Å². The lowest BCUT2D eigenvalue weighted by molar-refractivity contribution is 0.402. The second-order valence-electron chi connectivity index (χ2n) is 24.7. The van der Waals surface area contributed by atoms with Crippen LogP contribution in [-0.2, 0) is 32.5 Å². The molecule has 0 amide bonds. The number of fused-ring (bicyclic) bond motifs is 6. The Kier molecular flexibility index (Phi) is 8.84. The average molecular weight is 829 g/mol. The molecular weight excluding hydrogens is 759 g/mol. The molecule has 63 heavy (non-hydrogen) atoms. The first-order valence-electron chi connectivity index (χ1n) is 23.7. The Morgan fingerprint density at radius 3 is 1.49 bits per heavy atom. The maximum Gasteiger partial charge on any atom is 0.252 e. The standard InChI is InChI=1S/C60H69BN2/c1-36-26-52-54-53(27-36)63(49-32-44-42(28-37(49)2)57(9,10)34-59(44,13)14)50-30-40(56(6,7)8)22-24-46(50)61(54)47-31-43-45(60(15,16)35-58(43,11)12)33-51(47)62(52)48-25-23-39(55(3,4)5)29-41(48)38-20-18-17-19-21-38/h17-33H,34-35H2,1-16H3. The van der Waals surface area contributed by atoms with E-state index in [9.17, 15) is 0 Å². The summed E-state index contributed by atoms with van der Waals surface area (Å²) in [6.07, 6.45) is 2.27. The van der Waals surface area contributed by atoms with Gasteiger partial charge in [0.05, 0.1) is 5.69 Å². The summed E-state index contributed by atoms with van der Waals surface area (Å²) in [4.78, 5) is 5.37. The molecule has 0 N–H and O–H groups in total. The van der Waals surface area contributed by atoms with Gasteiger partial charge in [-0.1, -0.05) is 158 Å². The zero-order valence-corrected chi connectivity index (χ0v) is 41.2. The first-order chi connectivity index (χ1) is 29.3. The SMILES string of the molecule is Cc1cc2c3c(c1)N(c1ccc(C(C)(C)C)cc1-c1ccccc1)c1cc4c(cc1B3c1ccc(C(C)(C)C)cc1N2c1cc2c(cc1C)C(C)(C)CC2(C)C)C(C)(C)CC4(C)C. The summed E-state index contributed by atoms with van der Waals surface area (Å²) in [5.41, 5.74) is 26.0.